The second-order valence-corrected chi connectivity index (χ2v) is 9.44. The Morgan fingerprint density at radius 3 is 2.33 bits per heavy atom. The Morgan fingerprint density at radius 2 is 1.67 bits per heavy atom. The molecule has 4 rings (SSSR count). The van der Waals surface area contributed by atoms with E-state index in [1.165, 1.54) is 62.6 Å². The fourth-order valence-corrected chi connectivity index (χ4v) is 4.35. The summed E-state index contributed by atoms with van der Waals surface area (Å²) in [5, 5.41) is 2.67. The van der Waals surface area contributed by atoms with Crippen molar-refractivity contribution in [1.82, 2.24) is 0 Å². The van der Waals surface area contributed by atoms with Gasteiger partial charge < -0.3 is 23.7 Å². The highest BCUT2D eigenvalue weighted by atomic mass is 32.2. The summed E-state index contributed by atoms with van der Waals surface area (Å²) in [6.45, 7) is 3.28. The third-order valence-corrected chi connectivity index (χ3v) is 6.52. The number of ketones is 1. The van der Waals surface area contributed by atoms with E-state index < -0.39 is 16.0 Å². The van der Waals surface area contributed by atoms with Gasteiger partial charge in [-0.1, -0.05) is 23.8 Å². The number of aryl methyl sites for hydroxylation is 1. The Balaban J connectivity index is 1.50. The first kappa shape index (κ1) is 24.8. The standard InChI is InChI=1S/C26H23NO8S/c1-16-4-8-19(9-5-16)36(30,31)35-22-10-6-18(12-23(22)32-3)7-11-26(29)27-21-14-25-24(33-15-34-25)13-20(21)17(2)28/h4-14H,15H2,1-3H3,(H,27,29)/b11-7+. The van der Waals surface area contributed by atoms with Gasteiger partial charge in [-0.05, 0) is 55.8 Å². The molecular formula is C26H23NO8S. The predicted octanol–water partition coefficient (Wildman–Crippen LogP) is 4.35. The van der Waals surface area contributed by atoms with Crippen LogP contribution in [0.5, 0.6) is 23.0 Å². The number of hydrogen-bond acceptors (Lipinski definition) is 8. The molecule has 1 amide bonds. The minimum Gasteiger partial charge on any atom is -0.493 e. The fraction of sp³-hybridized carbons (Fsp3) is 0.154. The van der Waals surface area contributed by atoms with E-state index in [9.17, 15) is 18.0 Å². The molecule has 0 spiro atoms. The summed E-state index contributed by atoms with van der Waals surface area (Å²) in [4.78, 5) is 24.6. The minimum absolute atomic E-state index is 0.00568. The summed E-state index contributed by atoms with van der Waals surface area (Å²) in [7, 11) is -2.68. The molecule has 0 aliphatic carbocycles. The first-order valence-electron chi connectivity index (χ1n) is 10.8. The van der Waals surface area contributed by atoms with E-state index in [0.717, 1.165) is 5.56 Å². The Bertz CT molecular complexity index is 1460. The van der Waals surface area contributed by atoms with Gasteiger partial charge in [0.2, 0.25) is 12.7 Å². The van der Waals surface area contributed by atoms with E-state index in [1.807, 2.05) is 6.92 Å². The lowest BCUT2D eigenvalue weighted by Crippen LogP contribution is -2.11. The smallest absolute Gasteiger partial charge is 0.339 e. The Labute approximate surface area is 208 Å². The zero-order chi connectivity index (χ0) is 25.9. The third-order valence-electron chi connectivity index (χ3n) is 5.27. The molecule has 36 heavy (non-hydrogen) atoms. The zero-order valence-corrected chi connectivity index (χ0v) is 20.5. The molecule has 0 saturated heterocycles. The molecule has 1 aliphatic rings. The van der Waals surface area contributed by atoms with E-state index in [1.54, 1.807) is 18.2 Å². The van der Waals surface area contributed by atoms with Crippen molar-refractivity contribution in [1.29, 1.82) is 0 Å². The molecule has 9 nitrogen and oxygen atoms in total. The number of amides is 1. The van der Waals surface area contributed by atoms with Crippen LogP contribution in [0.2, 0.25) is 0 Å². The van der Waals surface area contributed by atoms with Crippen molar-refractivity contribution in [2.24, 2.45) is 0 Å². The largest absolute Gasteiger partial charge is 0.493 e. The lowest BCUT2D eigenvalue weighted by Gasteiger charge is -2.11. The quantitative estimate of drug-likeness (QED) is 0.271. The fourth-order valence-electron chi connectivity index (χ4n) is 3.41. The van der Waals surface area contributed by atoms with Crippen molar-refractivity contribution in [3.05, 3.63) is 77.4 Å². The zero-order valence-electron chi connectivity index (χ0n) is 19.7. The molecule has 186 valence electrons. The summed E-state index contributed by atoms with van der Waals surface area (Å²) in [6.07, 6.45) is 2.78. The number of anilines is 1. The molecule has 0 saturated carbocycles. The van der Waals surface area contributed by atoms with Crippen molar-refractivity contribution in [3.8, 4) is 23.0 Å². The number of carbonyl (C=O) groups is 2. The first-order chi connectivity index (χ1) is 17.2. The maximum Gasteiger partial charge on any atom is 0.339 e. The van der Waals surface area contributed by atoms with Crippen molar-refractivity contribution in [2.45, 2.75) is 18.7 Å². The van der Waals surface area contributed by atoms with E-state index in [4.69, 9.17) is 18.4 Å². The van der Waals surface area contributed by atoms with E-state index in [0.29, 0.717) is 28.3 Å². The number of hydrogen-bond donors (Lipinski definition) is 1. The number of benzene rings is 3. The summed E-state index contributed by atoms with van der Waals surface area (Å²) in [6, 6.07) is 13.9. The maximum atomic E-state index is 12.6. The molecular weight excluding hydrogens is 486 g/mol. The van der Waals surface area contributed by atoms with Gasteiger partial charge in [-0.15, -0.1) is 0 Å². The van der Waals surface area contributed by atoms with Crippen LogP contribution in [0.3, 0.4) is 0 Å². The number of ether oxygens (including phenoxy) is 3. The highest BCUT2D eigenvalue weighted by Crippen LogP contribution is 2.37. The van der Waals surface area contributed by atoms with Crippen LogP contribution in [-0.2, 0) is 14.9 Å². The number of nitrogens with one attached hydrogen (secondary N) is 1. The average Bonchev–Trinajstić information content (AvgIpc) is 3.30. The number of rotatable bonds is 8. The summed E-state index contributed by atoms with van der Waals surface area (Å²) in [5.74, 6) is 0.313. The first-order valence-corrected chi connectivity index (χ1v) is 12.2. The van der Waals surface area contributed by atoms with Crippen LogP contribution in [0.4, 0.5) is 5.69 Å². The Kier molecular flexibility index (Phi) is 6.98. The maximum absolute atomic E-state index is 12.6. The molecule has 0 aromatic heterocycles. The molecule has 0 unspecified atom stereocenters. The third kappa shape index (κ3) is 5.49. The van der Waals surface area contributed by atoms with Gasteiger partial charge in [0, 0.05) is 17.7 Å². The molecule has 0 fully saturated rings. The topological polar surface area (TPSA) is 117 Å². The number of fused-ring (bicyclic) bond motifs is 1. The summed E-state index contributed by atoms with van der Waals surface area (Å²) >= 11 is 0. The minimum atomic E-state index is -4.06. The van der Waals surface area contributed by atoms with Crippen molar-refractivity contribution in [3.63, 3.8) is 0 Å². The summed E-state index contributed by atoms with van der Waals surface area (Å²) < 4.78 is 46.4. The van der Waals surface area contributed by atoms with Gasteiger partial charge in [-0.25, -0.2) is 0 Å². The SMILES string of the molecule is COc1cc(/C=C/C(=O)Nc2cc3c(cc2C(C)=O)OCO3)ccc1OS(=O)(=O)c1ccc(C)cc1. The lowest BCUT2D eigenvalue weighted by atomic mass is 10.1. The monoisotopic (exact) mass is 509 g/mol. The molecule has 1 heterocycles. The molecule has 1 aliphatic heterocycles. The molecule has 10 heteroatoms. The van der Waals surface area contributed by atoms with Crippen LogP contribution in [0.1, 0.15) is 28.4 Å². The summed E-state index contributed by atoms with van der Waals surface area (Å²) in [5.41, 5.74) is 2.06. The second-order valence-electron chi connectivity index (χ2n) is 7.89. The van der Waals surface area contributed by atoms with Gasteiger partial charge in [-0.3, -0.25) is 9.59 Å². The molecule has 0 atom stereocenters. The number of carbonyl (C=O) groups excluding carboxylic acids is 2. The highest BCUT2D eigenvalue weighted by molar-refractivity contribution is 7.87. The van der Waals surface area contributed by atoms with E-state index in [-0.39, 0.29) is 29.0 Å². The van der Waals surface area contributed by atoms with Crippen LogP contribution in [0.25, 0.3) is 6.08 Å². The van der Waals surface area contributed by atoms with Gasteiger partial charge in [0.15, 0.2) is 28.8 Å². The van der Waals surface area contributed by atoms with E-state index >= 15 is 0 Å². The van der Waals surface area contributed by atoms with Gasteiger partial charge >= 0.3 is 10.1 Å². The normalized spacial score (nSPS) is 12.4. The van der Waals surface area contributed by atoms with Gasteiger partial charge in [-0.2, -0.15) is 8.42 Å². The van der Waals surface area contributed by atoms with Crippen LogP contribution >= 0.6 is 0 Å². The van der Waals surface area contributed by atoms with Crippen molar-refractivity contribution >= 4 is 33.6 Å². The van der Waals surface area contributed by atoms with Crippen LogP contribution in [0.15, 0.2) is 65.6 Å². The van der Waals surface area contributed by atoms with Crippen molar-refractivity contribution in [2.75, 3.05) is 19.2 Å². The lowest BCUT2D eigenvalue weighted by molar-refractivity contribution is -0.111. The van der Waals surface area contributed by atoms with Crippen LogP contribution in [-0.4, -0.2) is 34.0 Å². The van der Waals surface area contributed by atoms with E-state index in [2.05, 4.69) is 5.32 Å². The Morgan fingerprint density at radius 1 is 0.972 bits per heavy atom. The highest BCUT2D eigenvalue weighted by Gasteiger charge is 2.21. The van der Waals surface area contributed by atoms with Crippen LogP contribution < -0.4 is 23.7 Å². The van der Waals surface area contributed by atoms with Gasteiger partial charge in [0.25, 0.3) is 0 Å². The van der Waals surface area contributed by atoms with Gasteiger partial charge in [0.1, 0.15) is 4.90 Å². The Hall–Kier alpha value is -4.31. The number of Topliss-reactive ketones (excluding diaryl/α,β-unsaturated/α-hetero) is 1. The molecule has 1 N–H and O–H groups in total. The van der Waals surface area contributed by atoms with Crippen LogP contribution in [0, 0.1) is 6.92 Å². The molecule has 3 aromatic carbocycles. The van der Waals surface area contributed by atoms with Crippen molar-refractivity contribution < 1.29 is 36.4 Å². The molecule has 0 bridgehead atoms. The second kappa shape index (κ2) is 10.1. The van der Waals surface area contributed by atoms with Gasteiger partial charge in [0.05, 0.1) is 12.8 Å². The molecule has 0 radical (unpaired) electrons. The molecule has 3 aromatic rings. The predicted molar refractivity (Wildman–Crippen MR) is 132 cm³/mol. The average molecular weight is 510 g/mol. The number of methoxy groups -OCH3 is 1.